The average Bonchev–Trinajstić information content (AvgIpc) is 2.69. The number of nitrogens with one attached hydrogen (secondary N) is 1. The van der Waals surface area contributed by atoms with Gasteiger partial charge in [-0.25, -0.2) is 0 Å². The molecular formula is C11H19N3O2S. The van der Waals surface area contributed by atoms with Crippen molar-refractivity contribution in [1.82, 2.24) is 14.1 Å². The predicted molar refractivity (Wildman–Crippen MR) is 67.5 cm³/mol. The molecule has 0 aliphatic heterocycles. The van der Waals surface area contributed by atoms with E-state index < -0.39 is 0 Å². The summed E-state index contributed by atoms with van der Waals surface area (Å²) in [6.45, 7) is 8.37. The average molecular weight is 257 g/mol. The van der Waals surface area contributed by atoms with Crippen molar-refractivity contribution in [2.24, 2.45) is 0 Å². The Hall–Kier alpha value is -1.01. The molecule has 0 bridgehead atoms. The lowest BCUT2D eigenvalue weighted by molar-refractivity contribution is -0.120. The van der Waals surface area contributed by atoms with Crippen molar-refractivity contribution in [2.45, 2.75) is 39.7 Å². The third kappa shape index (κ3) is 5.23. The number of Topliss-reactive ketones (excluding diaryl/α,β-unsaturated/α-hetero) is 1. The van der Waals surface area contributed by atoms with Gasteiger partial charge >= 0.3 is 0 Å². The van der Waals surface area contributed by atoms with Gasteiger partial charge in [-0.1, -0.05) is 6.92 Å². The van der Waals surface area contributed by atoms with Crippen LogP contribution < -0.4 is 10.1 Å². The van der Waals surface area contributed by atoms with Crippen LogP contribution in [-0.2, 0) is 11.2 Å². The molecule has 0 fully saturated rings. The number of aromatic nitrogens is 2. The minimum absolute atomic E-state index is 0.00924. The van der Waals surface area contributed by atoms with E-state index in [4.69, 9.17) is 4.74 Å². The Bertz CT molecular complexity index is 371. The first kappa shape index (κ1) is 14.1. The standard InChI is InChI=1S/C11H19N3O2S/c1-5-9-10(14-17-13-9)16-7-8(15)6-12-11(2,3)4/h12H,5-7H2,1-4H3. The molecule has 96 valence electrons. The topological polar surface area (TPSA) is 64.1 Å². The predicted octanol–water partition coefficient (Wildman–Crippen LogP) is 1.44. The summed E-state index contributed by atoms with van der Waals surface area (Å²) in [4.78, 5) is 11.6. The second-order valence-corrected chi connectivity index (χ2v) is 5.33. The highest BCUT2D eigenvalue weighted by molar-refractivity contribution is 6.99. The molecule has 1 heterocycles. The van der Waals surface area contributed by atoms with E-state index in [2.05, 4.69) is 14.1 Å². The smallest absolute Gasteiger partial charge is 0.249 e. The van der Waals surface area contributed by atoms with Crippen LogP contribution in [-0.4, -0.2) is 33.2 Å². The molecule has 0 radical (unpaired) electrons. The zero-order chi connectivity index (χ0) is 12.9. The lowest BCUT2D eigenvalue weighted by Gasteiger charge is -2.19. The van der Waals surface area contributed by atoms with Crippen LogP contribution in [0.25, 0.3) is 0 Å². The third-order valence-electron chi connectivity index (χ3n) is 2.04. The van der Waals surface area contributed by atoms with E-state index >= 15 is 0 Å². The molecule has 0 saturated heterocycles. The fourth-order valence-electron chi connectivity index (χ4n) is 1.09. The molecular weight excluding hydrogens is 238 g/mol. The second kappa shape index (κ2) is 6.07. The SMILES string of the molecule is CCc1nsnc1OCC(=O)CNC(C)(C)C. The van der Waals surface area contributed by atoms with Crippen molar-refractivity contribution >= 4 is 17.5 Å². The van der Waals surface area contributed by atoms with Crippen LogP contribution in [0.1, 0.15) is 33.4 Å². The maximum Gasteiger partial charge on any atom is 0.249 e. The molecule has 5 nitrogen and oxygen atoms in total. The number of ether oxygens (including phenoxy) is 1. The highest BCUT2D eigenvalue weighted by Crippen LogP contribution is 2.15. The molecule has 17 heavy (non-hydrogen) atoms. The van der Waals surface area contributed by atoms with E-state index in [1.807, 2.05) is 27.7 Å². The Balaban J connectivity index is 2.33. The number of ketones is 1. The monoisotopic (exact) mass is 257 g/mol. The zero-order valence-corrected chi connectivity index (χ0v) is 11.6. The Kier molecular flexibility index (Phi) is 5.02. The number of hydrogen-bond donors (Lipinski definition) is 1. The maximum atomic E-state index is 11.6. The summed E-state index contributed by atoms with van der Waals surface area (Å²) in [6, 6.07) is 0. The number of nitrogens with zero attached hydrogens (tertiary/aromatic N) is 2. The molecule has 1 aromatic rings. The van der Waals surface area contributed by atoms with Crippen molar-refractivity contribution < 1.29 is 9.53 Å². The van der Waals surface area contributed by atoms with E-state index in [9.17, 15) is 4.79 Å². The Morgan fingerprint density at radius 2 is 2.12 bits per heavy atom. The largest absolute Gasteiger partial charge is 0.468 e. The summed E-state index contributed by atoms with van der Waals surface area (Å²) in [7, 11) is 0. The van der Waals surface area contributed by atoms with E-state index in [1.165, 1.54) is 0 Å². The molecule has 0 unspecified atom stereocenters. The lowest BCUT2D eigenvalue weighted by Crippen LogP contribution is -2.40. The number of rotatable bonds is 6. The second-order valence-electron chi connectivity index (χ2n) is 4.80. The normalized spacial score (nSPS) is 11.5. The van der Waals surface area contributed by atoms with Crippen LogP contribution in [0.15, 0.2) is 0 Å². The molecule has 6 heteroatoms. The highest BCUT2D eigenvalue weighted by Gasteiger charge is 2.13. The highest BCUT2D eigenvalue weighted by atomic mass is 32.1. The van der Waals surface area contributed by atoms with E-state index in [0.29, 0.717) is 12.4 Å². The summed E-state index contributed by atoms with van der Waals surface area (Å²) in [5.74, 6) is 0.497. The number of hydrogen-bond acceptors (Lipinski definition) is 6. The van der Waals surface area contributed by atoms with E-state index in [-0.39, 0.29) is 17.9 Å². The molecule has 0 aromatic carbocycles. The summed E-state index contributed by atoms with van der Waals surface area (Å²) < 4.78 is 13.4. The van der Waals surface area contributed by atoms with E-state index in [0.717, 1.165) is 23.8 Å². The molecule has 0 atom stereocenters. The summed E-state index contributed by atoms with van der Waals surface area (Å²) >= 11 is 1.11. The fraction of sp³-hybridized carbons (Fsp3) is 0.727. The quantitative estimate of drug-likeness (QED) is 0.835. The van der Waals surface area contributed by atoms with Crippen molar-refractivity contribution in [3.05, 3.63) is 5.69 Å². The molecule has 0 spiro atoms. The minimum atomic E-state index is -0.0631. The maximum absolute atomic E-state index is 11.6. The van der Waals surface area contributed by atoms with Gasteiger partial charge in [-0.05, 0) is 27.2 Å². The molecule has 0 aliphatic carbocycles. The molecule has 1 rings (SSSR count). The molecule has 1 aromatic heterocycles. The van der Waals surface area contributed by atoms with Gasteiger partial charge < -0.3 is 10.1 Å². The Morgan fingerprint density at radius 1 is 1.41 bits per heavy atom. The van der Waals surface area contributed by atoms with Gasteiger partial charge in [0.05, 0.1) is 18.3 Å². The first-order valence-electron chi connectivity index (χ1n) is 5.63. The van der Waals surface area contributed by atoms with Crippen molar-refractivity contribution in [3.63, 3.8) is 0 Å². The first-order valence-corrected chi connectivity index (χ1v) is 6.36. The van der Waals surface area contributed by atoms with Gasteiger partial charge in [0.1, 0.15) is 12.3 Å². The lowest BCUT2D eigenvalue weighted by atomic mass is 10.1. The molecule has 1 N–H and O–H groups in total. The fourth-order valence-corrected chi connectivity index (χ4v) is 1.67. The van der Waals surface area contributed by atoms with Crippen LogP contribution in [0.5, 0.6) is 5.88 Å². The van der Waals surface area contributed by atoms with Crippen LogP contribution >= 0.6 is 11.7 Å². The molecule has 0 amide bonds. The number of carbonyl (C=O) groups excluding carboxylic acids is 1. The van der Waals surface area contributed by atoms with Crippen LogP contribution in [0.4, 0.5) is 0 Å². The van der Waals surface area contributed by atoms with Crippen molar-refractivity contribution in [2.75, 3.05) is 13.2 Å². The van der Waals surface area contributed by atoms with E-state index in [1.54, 1.807) is 0 Å². The minimum Gasteiger partial charge on any atom is -0.468 e. The summed E-state index contributed by atoms with van der Waals surface area (Å²) in [5, 5.41) is 3.12. The van der Waals surface area contributed by atoms with Gasteiger partial charge in [0.15, 0.2) is 5.78 Å². The van der Waals surface area contributed by atoms with Gasteiger partial charge in [-0.2, -0.15) is 4.37 Å². The Labute approximate surface area is 106 Å². The van der Waals surface area contributed by atoms with Gasteiger partial charge in [0.2, 0.25) is 5.88 Å². The zero-order valence-electron chi connectivity index (χ0n) is 10.7. The van der Waals surface area contributed by atoms with Crippen LogP contribution in [0, 0.1) is 0 Å². The van der Waals surface area contributed by atoms with Crippen molar-refractivity contribution in [1.29, 1.82) is 0 Å². The summed E-state index contributed by atoms with van der Waals surface area (Å²) in [5.41, 5.74) is 0.749. The Morgan fingerprint density at radius 3 is 2.71 bits per heavy atom. The van der Waals surface area contributed by atoms with Gasteiger partial charge in [-0.15, -0.1) is 4.37 Å². The number of aryl methyl sites for hydroxylation is 1. The molecule has 0 aliphatic rings. The first-order chi connectivity index (χ1) is 7.92. The van der Waals surface area contributed by atoms with Crippen LogP contribution in [0.3, 0.4) is 0 Å². The number of carbonyl (C=O) groups is 1. The third-order valence-corrected chi connectivity index (χ3v) is 2.59. The van der Waals surface area contributed by atoms with Gasteiger partial charge in [0.25, 0.3) is 0 Å². The van der Waals surface area contributed by atoms with Crippen molar-refractivity contribution in [3.8, 4) is 5.88 Å². The van der Waals surface area contributed by atoms with Gasteiger partial charge in [0, 0.05) is 5.54 Å². The van der Waals surface area contributed by atoms with Gasteiger partial charge in [-0.3, -0.25) is 4.79 Å². The molecule has 0 saturated carbocycles. The summed E-state index contributed by atoms with van der Waals surface area (Å²) in [6.07, 6.45) is 0.764. The van der Waals surface area contributed by atoms with Crippen LogP contribution in [0.2, 0.25) is 0 Å².